The summed E-state index contributed by atoms with van der Waals surface area (Å²) in [5.74, 6) is -1.55. The summed E-state index contributed by atoms with van der Waals surface area (Å²) in [5.41, 5.74) is -1.14. The first kappa shape index (κ1) is 25.1. The second kappa shape index (κ2) is 9.54. The summed E-state index contributed by atoms with van der Waals surface area (Å²) in [6.07, 6.45) is -0.728. The number of carbonyl (C=O) groups is 3. The van der Waals surface area contributed by atoms with Gasteiger partial charge in [-0.05, 0) is 63.2 Å². The molecule has 0 unspecified atom stereocenters. The third-order valence-electron chi connectivity index (χ3n) is 8.28. The van der Waals surface area contributed by atoms with E-state index in [1.54, 1.807) is 9.80 Å². The van der Waals surface area contributed by atoms with Crippen LogP contribution in [0.5, 0.6) is 0 Å². The number of hydrogen-bond acceptors (Lipinski definition) is 4. The van der Waals surface area contributed by atoms with Gasteiger partial charge in [-0.25, -0.2) is 4.79 Å². The van der Waals surface area contributed by atoms with E-state index in [1.807, 2.05) is 0 Å². The van der Waals surface area contributed by atoms with Crippen molar-refractivity contribution in [2.45, 2.75) is 69.2 Å². The van der Waals surface area contributed by atoms with Crippen molar-refractivity contribution in [3.05, 3.63) is 0 Å². The summed E-state index contributed by atoms with van der Waals surface area (Å²) < 4.78 is 39.2. The summed E-state index contributed by atoms with van der Waals surface area (Å²) in [4.78, 5) is 43.7. The predicted molar refractivity (Wildman–Crippen MR) is 117 cm³/mol. The van der Waals surface area contributed by atoms with Crippen molar-refractivity contribution in [3.63, 3.8) is 0 Å². The molecular weight excluding hydrogens is 453 g/mol. The minimum absolute atomic E-state index is 0.0428. The Morgan fingerprint density at radius 2 is 1.56 bits per heavy atom. The maximum Gasteiger partial charge on any atom is 0.391 e. The average Bonchev–Trinajstić information content (AvgIpc) is 2.77. The number of aliphatic hydroxyl groups excluding tert-OH is 1. The van der Waals surface area contributed by atoms with E-state index in [-0.39, 0.29) is 74.8 Å². The van der Waals surface area contributed by atoms with Crippen LogP contribution < -0.4 is 5.32 Å². The lowest BCUT2D eigenvalue weighted by Crippen LogP contribution is -2.82. The van der Waals surface area contributed by atoms with Gasteiger partial charge in [0.2, 0.25) is 5.91 Å². The molecule has 2 heterocycles. The molecule has 2 aliphatic carbocycles. The van der Waals surface area contributed by atoms with E-state index >= 15 is 0 Å². The molecule has 2 saturated heterocycles. The number of halogens is 3. The lowest BCUT2D eigenvalue weighted by Gasteiger charge is -2.58. The van der Waals surface area contributed by atoms with Gasteiger partial charge in [0.15, 0.2) is 5.54 Å². The van der Waals surface area contributed by atoms with Crippen LogP contribution in [-0.4, -0.2) is 95.2 Å². The molecule has 0 radical (unpaired) electrons. The Kier molecular flexibility index (Phi) is 7.04. The van der Waals surface area contributed by atoms with Crippen molar-refractivity contribution < 1.29 is 32.7 Å². The zero-order valence-corrected chi connectivity index (χ0v) is 19.6. The molecule has 4 amide bonds. The molecule has 1 spiro atoms. The highest BCUT2D eigenvalue weighted by molar-refractivity contribution is 6.00. The van der Waals surface area contributed by atoms with Gasteiger partial charge in [-0.15, -0.1) is 0 Å². The number of hydrogen-bond donors (Lipinski definition) is 2. The van der Waals surface area contributed by atoms with Crippen LogP contribution in [0.1, 0.15) is 51.4 Å². The number of amides is 4. The Labute approximate surface area is 197 Å². The van der Waals surface area contributed by atoms with Gasteiger partial charge in [0.05, 0.1) is 31.7 Å². The molecule has 192 valence electrons. The van der Waals surface area contributed by atoms with E-state index in [4.69, 9.17) is 0 Å². The SMILES string of the molecule is CNC(=O)N1CC2(C1)C(=O)N(CC1CCC(O)CC1)CC(=O)N2CC1CCC(C(F)(F)F)CC1. The third-order valence-corrected chi connectivity index (χ3v) is 8.28. The number of likely N-dealkylation sites (tertiary alicyclic amines) is 1. The molecule has 0 aromatic heterocycles. The molecular formula is C23H35F3N4O4. The first-order chi connectivity index (χ1) is 16.0. The molecule has 4 fully saturated rings. The molecule has 4 rings (SSSR count). The van der Waals surface area contributed by atoms with Crippen molar-refractivity contribution >= 4 is 17.8 Å². The molecule has 2 N–H and O–H groups in total. The van der Waals surface area contributed by atoms with Crippen molar-refractivity contribution in [1.82, 2.24) is 20.0 Å². The van der Waals surface area contributed by atoms with Gasteiger partial charge in [-0.1, -0.05) is 0 Å². The van der Waals surface area contributed by atoms with Crippen LogP contribution in [0.25, 0.3) is 0 Å². The maximum atomic E-state index is 13.7. The number of rotatable bonds is 4. The topological polar surface area (TPSA) is 93.2 Å². The fraction of sp³-hybridized carbons (Fsp3) is 0.870. The van der Waals surface area contributed by atoms with Gasteiger partial charge in [0, 0.05) is 20.1 Å². The third kappa shape index (κ3) is 4.85. The second-order valence-electron chi connectivity index (χ2n) is 10.6. The summed E-state index contributed by atoms with van der Waals surface area (Å²) in [6.45, 7) is 0.839. The van der Waals surface area contributed by atoms with Crippen LogP contribution in [0, 0.1) is 17.8 Å². The molecule has 2 saturated carbocycles. The van der Waals surface area contributed by atoms with Crippen LogP contribution in [0.4, 0.5) is 18.0 Å². The molecule has 8 nitrogen and oxygen atoms in total. The molecule has 0 aromatic rings. The highest BCUT2D eigenvalue weighted by atomic mass is 19.4. The Hall–Kier alpha value is -2.04. The Bertz CT molecular complexity index is 786. The number of alkyl halides is 3. The number of carbonyl (C=O) groups excluding carboxylic acids is 3. The molecule has 0 aromatic carbocycles. The van der Waals surface area contributed by atoms with Crippen molar-refractivity contribution in [1.29, 1.82) is 0 Å². The quantitative estimate of drug-likeness (QED) is 0.633. The molecule has 0 bridgehead atoms. The van der Waals surface area contributed by atoms with Gasteiger partial charge in [0.1, 0.15) is 0 Å². The lowest BCUT2D eigenvalue weighted by molar-refractivity contribution is -0.187. The number of aliphatic hydroxyl groups is 1. The first-order valence-corrected chi connectivity index (χ1v) is 12.3. The lowest BCUT2D eigenvalue weighted by atomic mass is 9.78. The second-order valence-corrected chi connectivity index (χ2v) is 10.6. The van der Waals surface area contributed by atoms with E-state index < -0.39 is 17.6 Å². The molecule has 11 heteroatoms. The average molecular weight is 489 g/mol. The van der Waals surface area contributed by atoms with Gasteiger partial charge >= 0.3 is 12.2 Å². The maximum absolute atomic E-state index is 13.7. The molecule has 4 aliphatic rings. The largest absolute Gasteiger partial charge is 0.393 e. The van der Waals surface area contributed by atoms with Crippen LogP contribution in [0.3, 0.4) is 0 Å². The normalized spacial score (nSPS) is 32.1. The van der Waals surface area contributed by atoms with E-state index in [9.17, 15) is 32.7 Å². The Balaban J connectivity index is 1.46. The number of nitrogens with zero attached hydrogens (tertiary/aromatic N) is 3. The van der Waals surface area contributed by atoms with Crippen LogP contribution in [-0.2, 0) is 9.59 Å². The van der Waals surface area contributed by atoms with E-state index in [1.165, 1.54) is 11.9 Å². The Morgan fingerprint density at radius 3 is 2.12 bits per heavy atom. The standard InChI is InChI=1S/C23H35F3N4O4/c1-27-21(34)29-13-22(14-29)20(33)28(10-15-4-8-18(31)9-5-15)12-19(32)30(22)11-16-2-6-17(7-3-16)23(24,25)26/h15-18,31H,2-14H2,1H3,(H,27,34). The monoisotopic (exact) mass is 488 g/mol. The van der Waals surface area contributed by atoms with Crippen LogP contribution >= 0.6 is 0 Å². The van der Waals surface area contributed by atoms with Crippen molar-refractivity contribution in [2.75, 3.05) is 39.8 Å². The van der Waals surface area contributed by atoms with Gasteiger partial charge in [-0.3, -0.25) is 9.59 Å². The summed E-state index contributed by atoms with van der Waals surface area (Å²) in [7, 11) is 1.50. The molecule has 2 aliphatic heterocycles. The highest BCUT2D eigenvalue weighted by Gasteiger charge is 2.61. The summed E-state index contributed by atoms with van der Waals surface area (Å²) >= 11 is 0. The predicted octanol–water partition coefficient (Wildman–Crippen LogP) is 1.97. The molecule has 34 heavy (non-hydrogen) atoms. The van der Waals surface area contributed by atoms with Crippen molar-refractivity contribution in [3.8, 4) is 0 Å². The van der Waals surface area contributed by atoms with E-state index in [2.05, 4.69) is 5.32 Å². The first-order valence-electron chi connectivity index (χ1n) is 12.3. The number of piperazine rings is 1. The fourth-order valence-electron chi connectivity index (χ4n) is 6.16. The zero-order chi connectivity index (χ0) is 24.7. The fourth-order valence-corrected chi connectivity index (χ4v) is 6.16. The van der Waals surface area contributed by atoms with Gasteiger partial charge < -0.3 is 25.1 Å². The zero-order valence-electron chi connectivity index (χ0n) is 19.6. The van der Waals surface area contributed by atoms with Gasteiger partial charge in [0.25, 0.3) is 5.91 Å². The van der Waals surface area contributed by atoms with Crippen molar-refractivity contribution in [2.24, 2.45) is 17.8 Å². The minimum atomic E-state index is -4.19. The Morgan fingerprint density at radius 1 is 1.00 bits per heavy atom. The smallest absolute Gasteiger partial charge is 0.391 e. The van der Waals surface area contributed by atoms with E-state index in [0.717, 1.165) is 12.8 Å². The van der Waals surface area contributed by atoms with Crippen LogP contribution in [0.15, 0.2) is 0 Å². The van der Waals surface area contributed by atoms with Crippen LogP contribution in [0.2, 0.25) is 0 Å². The number of urea groups is 1. The number of nitrogens with one attached hydrogen (secondary N) is 1. The van der Waals surface area contributed by atoms with Gasteiger partial charge in [-0.2, -0.15) is 13.2 Å². The molecule has 0 atom stereocenters. The summed E-state index contributed by atoms with van der Waals surface area (Å²) in [5, 5.41) is 12.3. The minimum Gasteiger partial charge on any atom is -0.393 e. The highest BCUT2D eigenvalue weighted by Crippen LogP contribution is 2.42. The summed E-state index contributed by atoms with van der Waals surface area (Å²) in [6, 6.07) is -0.324. The van der Waals surface area contributed by atoms with E-state index in [0.29, 0.717) is 32.2 Å².